The van der Waals surface area contributed by atoms with Crippen LogP contribution in [0, 0.1) is 0 Å². The molecule has 1 aliphatic rings. The summed E-state index contributed by atoms with van der Waals surface area (Å²) in [5, 5.41) is 3.67. The molecule has 1 amide bonds. The second kappa shape index (κ2) is 8.04. The number of para-hydroxylation sites is 1. The van der Waals surface area contributed by atoms with Gasteiger partial charge in [0.2, 0.25) is 0 Å². The second-order valence-electron chi connectivity index (χ2n) is 6.46. The molecule has 0 radical (unpaired) electrons. The molecule has 2 N–H and O–H groups in total. The molecule has 144 valence electrons. The van der Waals surface area contributed by atoms with Crippen LogP contribution >= 0.6 is 0 Å². The van der Waals surface area contributed by atoms with E-state index in [9.17, 15) is 9.59 Å². The molecule has 0 fully saturated rings. The summed E-state index contributed by atoms with van der Waals surface area (Å²) in [6.45, 7) is 0.816. The van der Waals surface area contributed by atoms with Crippen LogP contribution in [0.3, 0.4) is 0 Å². The molecular formula is C21H20N2O5. The molecule has 0 aliphatic carbocycles. The Kier molecular flexibility index (Phi) is 5.14. The van der Waals surface area contributed by atoms with Gasteiger partial charge in [-0.3, -0.25) is 9.59 Å². The largest absolute Gasteiger partial charge is 0.490 e. The maximum absolute atomic E-state index is 12.1. The van der Waals surface area contributed by atoms with Crippen LogP contribution in [-0.2, 0) is 20.7 Å². The molecule has 0 bridgehead atoms. The zero-order valence-electron chi connectivity index (χ0n) is 15.2. The number of aromatic nitrogens is 1. The highest BCUT2D eigenvalue weighted by Crippen LogP contribution is 2.32. The fourth-order valence-corrected chi connectivity index (χ4v) is 3.07. The molecule has 1 aromatic heterocycles. The van der Waals surface area contributed by atoms with Crippen LogP contribution in [0.5, 0.6) is 11.5 Å². The molecule has 0 unspecified atom stereocenters. The number of benzene rings is 2. The van der Waals surface area contributed by atoms with E-state index in [-0.39, 0.29) is 13.0 Å². The smallest absolute Gasteiger partial charge is 0.310 e. The van der Waals surface area contributed by atoms with Crippen molar-refractivity contribution in [1.29, 1.82) is 0 Å². The Labute approximate surface area is 161 Å². The van der Waals surface area contributed by atoms with Gasteiger partial charge in [0, 0.05) is 35.3 Å². The van der Waals surface area contributed by atoms with Crippen LogP contribution < -0.4 is 14.8 Å². The van der Waals surface area contributed by atoms with Crippen molar-refractivity contribution in [3.8, 4) is 11.5 Å². The Morgan fingerprint density at radius 1 is 1.07 bits per heavy atom. The zero-order chi connectivity index (χ0) is 19.3. The molecule has 0 saturated heterocycles. The van der Waals surface area contributed by atoms with Crippen molar-refractivity contribution in [3.63, 3.8) is 0 Å². The van der Waals surface area contributed by atoms with Crippen molar-refractivity contribution < 1.29 is 23.8 Å². The first-order valence-corrected chi connectivity index (χ1v) is 9.09. The highest BCUT2D eigenvalue weighted by molar-refractivity contribution is 5.93. The van der Waals surface area contributed by atoms with E-state index in [1.807, 2.05) is 24.3 Å². The summed E-state index contributed by atoms with van der Waals surface area (Å²) in [6.07, 6.45) is 2.69. The monoisotopic (exact) mass is 380 g/mol. The Morgan fingerprint density at radius 3 is 2.79 bits per heavy atom. The second-order valence-corrected chi connectivity index (χ2v) is 6.46. The highest BCUT2D eigenvalue weighted by Gasteiger charge is 2.14. The van der Waals surface area contributed by atoms with Gasteiger partial charge < -0.3 is 24.5 Å². The molecule has 7 heteroatoms. The number of anilines is 1. The highest BCUT2D eigenvalue weighted by atomic mass is 16.5. The summed E-state index contributed by atoms with van der Waals surface area (Å²) in [4.78, 5) is 27.3. The van der Waals surface area contributed by atoms with E-state index >= 15 is 0 Å². The number of carbonyl (C=O) groups is 2. The van der Waals surface area contributed by atoms with Gasteiger partial charge in [0.05, 0.1) is 19.6 Å². The fourth-order valence-electron chi connectivity index (χ4n) is 3.07. The Balaban J connectivity index is 1.30. The normalized spacial score (nSPS) is 13.0. The minimum Gasteiger partial charge on any atom is -0.490 e. The van der Waals surface area contributed by atoms with Crippen molar-refractivity contribution in [3.05, 3.63) is 54.2 Å². The first kappa shape index (κ1) is 17.9. The number of aromatic amines is 1. The number of rotatable bonds is 5. The number of H-pyrrole nitrogens is 1. The van der Waals surface area contributed by atoms with E-state index in [1.165, 1.54) is 0 Å². The van der Waals surface area contributed by atoms with Gasteiger partial charge in [-0.05, 0) is 23.8 Å². The number of carbonyl (C=O) groups excluding carboxylic acids is 2. The van der Waals surface area contributed by atoms with Crippen molar-refractivity contribution in [2.75, 3.05) is 25.1 Å². The van der Waals surface area contributed by atoms with Gasteiger partial charge >= 0.3 is 5.97 Å². The fraction of sp³-hybridized carbons (Fsp3) is 0.238. The first-order chi connectivity index (χ1) is 13.7. The average molecular weight is 380 g/mol. The number of fused-ring (bicyclic) bond motifs is 2. The van der Waals surface area contributed by atoms with Gasteiger partial charge in [0.15, 0.2) is 18.1 Å². The van der Waals surface area contributed by atoms with Gasteiger partial charge in [0.25, 0.3) is 5.91 Å². The quantitative estimate of drug-likeness (QED) is 0.664. The SMILES string of the molecule is O=C(COC(=O)Cc1c[nH]c2ccccc12)Nc1ccc2c(c1)OCCCO2. The summed E-state index contributed by atoms with van der Waals surface area (Å²) in [7, 11) is 0. The lowest BCUT2D eigenvalue weighted by Crippen LogP contribution is -2.21. The number of hydrogen-bond donors (Lipinski definition) is 2. The molecule has 28 heavy (non-hydrogen) atoms. The number of amides is 1. The Morgan fingerprint density at radius 2 is 1.89 bits per heavy atom. The lowest BCUT2D eigenvalue weighted by atomic mass is 10.1. The van der Waals surface area contributed by atoms with E-state index in [4.69, 9.17) is 14.2 Å². The topological polar surface area (TPSA) is 89.7 Å². The van der Waals surface area contributed by atoms with E-state index in [1.54, 1.807) is 24.4 Å². The molecule has 1 aliphatic heterocycles. The lowest BCUT2D eigenvalue weighted by Gasteiger charge is -2.10. The van der Waals surface area contributed by atoms with Gasteiger partial charge in [-0.15, -0.1) is 0 Å². The molecule has 2 heterocycles. The van der Waals surface area contributed by atoms with Crippen molar-refractivity contribution in [1.82, 2.24) is 4.98 Å². The first-order valence-electron chi connectivity index (χ1n) is 9.09. The average Bonchev–Trinajstić information content (AvgIpc) is 2.95. The third kappa shape index (κ3) is 4.09. The Bertz CT molecular complexity index is 1010. The van der Waals surface area contributed by atoms with Crippen LogP contribution in [0.4, 0.5) is 5.69 Å². The third-order valence-corrected chi connectivity index (χ3v) is 4.41. The molecule has 2 aromatic carbocycles. The predicted octanol–water partition coefficient (Wildman–Crippen LogP) is 3.05. The van der Waals surface area contributed by atoms with Crippen molar-refractivity contribution in [2.24, 2.45) is 0 Å². The summed E-state index contributed by atoms with van der Waals surface area (Å²) in [5.41, 5.74) is 2.35. The molecule has 0 saturated carbocycles. The zero-order valence-corrected chi connectivity index (χ0v) is 15.2. The maximum Gasteiger partial charge on any atom is 0.310 e. The van der Waals surface area contributed by atoms with Crippen LogP contribution in [0.2, 0.25) is 0 Å². The van der Waals surface area contributed by atoms with Crippen LogP contribution in [0.1, 0.15) is 12.0 Å². The summed E-state index contributed by atoms with van der Waals surface area (Å²) < 4.78 is 16.3. The van der Waals surface area contributed by atoms with Crippen molar-refractivity contribution in [2.45, 2.75) is 12.8 Å². The predicted molar refractivity (Wildman–Crippen MR) is 104 cm³/mol. The minimum absolute atomic E-state index is 0.0985. The molecule has 0 spiro atoms. The van der Waals surface area contributed by atoms with Crippen LogP contribution in [-0.4, -0.2) is 36.7 Å². The number of hydrogen-bond acceptors (Lipinski definition) is 5. The van der Waals surface area contributed by atoms with Crippen LogP contribution in [0.25, 0.3) is 10.9 Å². The number of esters is 1. The van der Waals surface area contributed by atoms with Crippen LogP contribution in [0.15, 0.2) is 48.7 Å². The standard InChI is InChI=1S/C21H20N2O5/c24-20(23-15-6-7-18-19(11-15)27-9-3-8-26-18)13-28-21(25)10-14-12-22-17-5-2-1-4-16(14)17/h1-2,4-7,11-12,22H,3,8-10,13H2,(H,23,24). The Hall–Kier alpha value is -3.48. The molecule has 7 nitrogen and oxygen atoms in total. The van der Waals surface area contributed by atoms with E-state index < -0.39 is 11.9 Å². The van der Waals surface area contributed by atoms with E-state index in [2.05, 4.69) is 10.3 Å². The minimum atomic E-state index is -0.460. The van der Waals surface area contributed by atoms with Crippen molar-refractivity contribution >= 4 is 28.5 Å². The van der Waals surface area contributed by atoms with Gasteiger partial charge in [-0.1, -0.05) is 18.2 Å². The lowest BCUT2D eigenvalue weighted by molar-refractivity contribution is -0.146. The summed E-state index contributed by atoms with van der Waals surface area (Å²) in [6, 6.07) is 12.9. The molecule has 3 aromatic rings. The van der Waals surface area contributed by atoms with Gasteiger partial charge in [-0.25, -0.2) is 0 Å². The molecular weight excluding hydrogens is 360 g/mol. The molecule has 0 atom stereocenters. The number of ether oxygens (including phenoxy) is 3. The summed E-state index contributed by atoms with van der Waals surface area (Å²) in [5.74, 6) is 0.368. The van der Waals surface area contributed by atoms with Gasteiger partial charge in [0.1, 0.15) is 0 Å². The van der Waals surface area contributed by atoms with E-state index in [0.29, 0.717) is 30.4 Å². The molecule has 4 rings (SSSR count). The maximum atomic E-state index is 12.1. The number of nitrogens with one attached hydrogen (secondary N) is 2. The van der Waals surface area contributed by atoms with Gasteiger partial charge in [-0.2, -0.15) is 0 Å². The van der Waals surface area contributed by atoms with E-state index in [0.717, 1.165) is 22.9 Å². The summed E-state index contributed by atoms with van der Waals surface area (Å²) >= 11 is 0. The third-order valence-electron chi connectivity index (χ3n) is 4.41.